The molecule has 1 heterocycles. The number of hydrogen-bond donors (Lipinski definition) is 1. The molecule has 0 radical (unpaired) electrons. The van der Waals surface area contributed by atoms with Gasteiger partial charge in [-0.3, -0.25) is 4.90 Å². The van der Waals surface area contributed by atoms with Gasteiger partial charge < -0.3 is 10.6 Å². The number of nitrogens with two attached hydrogens (primary N) is 1. The van der Waals surface area contributed by atoms with Crippen LogP contribution in [0, 0.1) is 11.7 Å². The first-order chi connectivity index (χ1) is 8.72. The van der Waals surface area contributed by atoms with Gasteiger partial charge in [0, 0.05) is 32.7 Å². The highest BCUT2D eigenvalue weighted by atomic mass is 19.1. The number of benzene rings is 1. The summed E-state index contributed by atoms with van der Waals surface area (Å²) in [5.41, 5.74) is 7.40. The van der Waals surface area contributed by atoms with Crippen LogP contribution in [-0.2, 0) is 0 Å². The minimum atomic E-state index is -0.261. The minimum absolute atomic E-state index is 0.261. The molecule has 1 saturated heterocycles. The molecule has 1 aliphatic carbocycles. The van der Waals surface area contributed by atoms with Crippen LogP contribution in [0.1, 0.15) is 12.8 Å². The van der Waals surface area contributed by atoms with E-state index in [0.29, 0.717) is 5.69 Å². The second kappa shape index (κ2) is 4.76. The first-order valence-electron chi connectivity index (χ1n) is 6.75. The van der Waals surface area contributed by atoms with Crippen molar-refractivity contribution in [3.8, 4) is 0 Å². The van der Waals surface area contributed by atoms with Gasteiger partial charge in [-0.05, 0) is 37.0 Å². The molecule has 3 rings (SSSR count). The van der Waals surface area contributed by atoms with Crippen LogP contribution in [0.5, 0.6) is 0 Å². The van der Waals surface area contributed by atoms with Crippen LogP contribution in [0.3, 0.4) is 0 Å². The molecular weight excluding hydrogens is 229 g/mol. The number of hydrogen-bond acceptors (Lipinski definition) is 3. The van der Waals surface area contributed by atoms with E-state index in [1.165, 1.54) is 31.5 Å². The molecule has 0 amide bonds. The first-order valence-corrected chi connectivity index (χ1v) is 6.75. The largest absolute Gasteiger partial charge is 0.397 e. The van der Waals surface area contributed by atoms with E-state index >= 15 is 0 Å². The Balaban J connectivity index is 1.60. The summed E-state index contributed by atoms with van der Waals surface area (Å²) >= 11 is 0. The summed E-state index contributed by atoms with van der Waals surface area (Å²) < 4.78 is 13.0. The van der Waals surface area contributed by atoms with Crippen molar-refractivity contribution >= 4 is 11.4 Å². The Kier molecular flexibility index (Phi) is 3.12. The summed E-state index contributed by atoms with van der Waals surface area (Å²) in [5, 5.41) is 0. The maximum absolute atomic E-state index is 13.0. The summed E-state index contributed by atoms with van der Waals surface area (Å²) in [7, 11) is 0. The molecule has 98 valence electrons. The summed E-state index contributed by atoms with van der Waals surface area (Å²) in [6.45, 7) is 5.42. The average Bonchev–Trinajstić information content (AvgIpc) is 3.15. The van der Waals surface area contributed by atoms with Crippen molar-refractivity contribution < 1.29 is 4.39 Å². The Labute approximate surface area is 107 Å². The molecular formula is C14H20FN3. The fourth-order valence-corrected chi connectivity index (χ4v) is 2.65. The highest BCUT2D eigenvalue weighted by molar-refractivity contribution is 5.67. The molecule has 2 aliphatic rings. The predicted molar refractivity (Wildman–Crippen MR) is 72.2 cm³/mol. The van der Waals surface area contributed by atoms with Crippen molar-refractivity contribution in [2.24, 2.45) is 5.92 Å². The van der Waals surface area contributed by atoms with Gasteiger partial charge in [-0.15, -0.1) is 0 Å². The van der Waals surface area contributed by atoms with Gasteiger partial charge in [0.05, 0.1) is 11.4 Å². The van der Waals surface area contributed by atoms with Crippen molar-refractivity contribution in [2.75, 3.05) is 43.4 Å². The van der Waals surface area contributed by atoms with E-state index < -0.39 is 0 Å². The number of piperazine rings is 1. The summed E-state index contributed by atoms with van der Waals surface area (Å²) in [4.78, 5) is 4.80. The molecule has 1 aliphatic heterocycles. The molecule has 1 saturated carbocycles. The molecule has 2 fully saturated rings. The Bertz CT molecular complexity index is 423. The normalized spacial score (nSPS) is 21.3. The molecule has 0 aromatic heterocycles. The van der Waals surface area contributed by atoms with Crippen LogP contribution in [0.15, 0.2) is 18.2 Å². The quantitative estimate of drug-likeness (QED) is 0.831. The molecule has 2 N–H and O–H groups in total. The summed E-state index contributed by atoms with van der Waals surface area (Å²) in [6, 6.07) is 4.69. The van der Waals surface area contributed by atoms with Crippen molar-refractivity contribution in [1.82, 2.24) is 4.90 Å². The Hall–Kier alpha value is -1.29. The SMILES string of the molecule is Nc1cc(F)ccc1N1CCN(CC2CC2)CC1. The fourth-order valence-electron chi connectivity index (χ4n) is 2.65. The molecule has 0 unspecified atom stereocenters. The van der Waals surface area contributed by atoms with Gasteiger partial charge in [-0.25, -0.2) is 4.39 Å². The zero-order chi connectivity index (χ0) is 12.5. The van der Waals surface area contributed by atoms with E-state index in [2.05, 4.69) is 9.80 Å². The Morgan fingerprint density at radius 3 is 2.50 bits per heavy atom. The lowest BCUT2D eigenvalue weighted by Crippen LogP contribution is -2.47. The molecule has 1 aromatic carbocycles. The van der Waals surface area contributed by atoms with Crippen molar-refractivity contribution in [3.63, 3.8) is 0 Å². The second-order valence-electron chi connectivity index (χ2n) is 5.43. The summed E-state index contributed by atoms with van der Waals surface area (Å²) in [5.74, 6) is 0.691. The zero-order valence-corrected chi connectivity index (χ0v) is 10.6. The van der Waals surface area contributed by atoms with Gasteiger partial charge in [0.2, 0.25) is 0 Å². The molecule has 18 heavy (non-hydrogen) atoms. The first kappa shape index (κ1) is 11.8. The lowest BCUT2D eigenvalue weighted by atomic mass is 10.2. The minimum Gasteiger partial charge on any atom is -0.397 e. The number of rotatable bonds is 3. The smallest absolute Gasteiger partial charge is 0.125 e. The van der Waals surface area contributed by atoms with E-state index in [1.807, 2.05) is 0 Å². The van der Waals surface area contributed by atoms with Crippen molar-refractivity contribution in [2.45, 2.75) is 12.8 Å². The predicted octanol–water partition coefficient (Wildman–Crippen LogP) is 1.94. The third kappa shape index (κ3) is 2.58. The lowest BCUT2D eigenvalue weighted by Gasteiger charge is -2.36. The monoisotopic (exact) mass is 249 g/mol. The van der Waals surface area contributed by atoms with E-state index in [4.69, 9.17) is 5.73 Å². The van der Waals surface area contributed by atoms with E-state index in [0.717, 1.165) is 37.8 Å². The van der Waals surface area contributed by atoms with Gasteiger partial charge in [0.1, 0.15) is 5.82 Å². The zero-order valence-electron chi connectivity index (χ0n) is 10.6. The van der Waals surface area contributed by atoms with E-state index in [9.17, 15) is 4.39 Å². The molecule has 3 nitrogen and oxygen atoms in total. The van der Waals surface area contributed by atoms with Gasteiger partial charge in [0.15, 0.2) is 0 Å². The molecule has 4 heteroatoms. The average molecular weight is 249 g/mol. The van der Waals surface area contributed by atoms with Crippen LogP contribution in [0.4, 0.5) is 15.8 Å². The number of anilines is 2. The highest BCUT2D eigenvalue weighted by Gasteiger charge is 2.26. The number of halogens is 1. The lowest BCUT2D eigenvalue weighted by molar-refractivity contribution is 0.248. The third-order valence-electron chi connectivity index (χ3n) is 3.92. The topological polar surface area (TPSA) is 32.5 Å². The number of nitrogens with zero attached hydrogens (tertiary/aromatic N) is 2. The van der Waals surface area contributed by atoms with Crippen molar-refractivity contribution in [1.29, 1.82) is 0 Å². The van der Waals surface area contributed by atoms with Crippen LogP contribution >= 0.6 is 0 Å². The maximum Gasteiger partial charge on any atom is 0.125 e. The molecule has 1 aromatic rings. The number of nitrogen functional groups attached to an aromatic ring is 1. The van der Waals surface area contributed by atoms with Crippen LogP contribution in [-0.4, -0.2) is 37.6 Å². The van der Waals surface area contributed by atoms with Crippen LogP contribution < -0.4 is 10.6 Å². The maximum atomic E-state index is 13.0. The standard InChI is InChI=1S/C14H20FN3/c15-12-3-4-14(13(16)9-12)18-7-5-17(6-8-18)10-11-1-2-11/h3-4,9,11H,1-2,5-8,10,16H2. The van der Waals surface area contributed by atoms with E-state index in [1.54, 1.807) is 6.07 Å². The Morgan fingerprint density at radius 2 is 1.89 bits per heavy atom. The van der Waals surface area contributed by atoms with E-state index in [-0.39, 0.29) is 5.82 Å². The molecule has 0 spiro atoms. The fraction of sp³-hybridized carbons (Fsp3) is 0.571. The van der Waals surface area contributed by atoms with Gasteiger partial charge in [0.25, 0.3) is 0 Å². The summed E-state index contributed by atoms with van der Waals surface area (Å²) in [6.07, 6.45) is 2.82. The van der Waals surface area contributed by atoms with Gasteiger partial charge >= 0.3 is 0 Å². The third-order valence-corrected chi connectivity index (χ3v) is 3.92. The van der Waals surface area contributed by atoms with Crippen molar-refractivity contribution in [3.05, 3.63) is 24.0 Å². The molecule has 0 bridgehead atoms. The van der Waals surface area contributed by atoms with Gasteiger partial charge in [-0.2, -0.15) is 0 Å². The second-order valence-corrected chi connectivity index (χ2v) is 5.43. The molecule has 0 atom stereocenters. The highest BCUT2D eigenvalue weighted by Crippen LogP contribution is 2.30. The van der Waals surface area contributed by atoms with Crippen LogP contribution in [0.2, 0.25) is 0 Å². The van der Waals surface area contributed by atoms with Gasteiger partial charge in [-0.1, -0.05) is 0 Å². The van der Waals surface area contributed by atoms with Crippen LogP contribution in [0.25, 0.3) is 0 Å². The Morgan fingerprint density at radius 1 is 1.17 bits per heavy atom.